The number of rotatable bonds is 2. The molecule has 0 aromatic heterocycles. The molecule has 1 aliphatic heterocycles. The maximum absolute atomic E-state index is 8.28. The smallest absolute Gasteiger partial charge is 0.128 e. The van der Waals surface area contributed by atoms with Crippen LogP contribution in [0.5, 0.6) is 5.75 Å². The van der Waals surface area contributed by atoms with Crippen molar-refractivity contribution in [3.63, 3.8) is 0 Å². The Bertz CT molecular complexity index is 437. The Balaban J connectivity index is 2.11. The number of nitrogens with one attached hydrogen (secondary N) is 1. The van der Waals surface area contributed by atoms with Gasteiger partial charge in [0.2, 0.25) is 0 Å². The molecule has 18 heavy (non-hydrogen) atoms. The summed E-state index contributed by atoms with van der Waals surface area (Å²) >= 11 is 0. The molecule has 0 bridgehead atoms. The molecule has 1 aromatic rings. The lowest BCUT2D eigenvalue weighted by Crippen LogP contribution is -2.47. The molecular weight excluding hydrogens is 226 g/mol. The van der Waals surface area contributed by atoms with Gasteiger partial charge in [-0.15, -0.1) is 0 Å². The average molecular weight is 247 g/mol. The zero-order valence-electron chi connectivity index (χ0n) is 11.4. The molecule has 0 saturated carbocycles. The van der Waals surface area contributed by atoms with Crippen LogP contribution in [-0.4, -0.2) is 56.0 Å². The number of piperazine rings is 1. The van der Waals surface area contributed by atoms with Gasteiger partial charge in [-0.1, -0.05) is 0 Å². The van der Waals surface area contributed by atoms with Gasteiger partial charge in [0.25, 0.3) is 0 Å². The Morgan fingerprint density at radius 1 is 1.22 bits per heavy atom. The molecule has 1 saturated heterocycles. The number of hydrogen-bond acceptors (Lipinski definition) is 3. The lowest BCUT2D eigenvalue weighted by atomic mass is 10.1. The summed E-state index contributed by atoms with van der Waals surface area (Å²) in [5, 5.41) is 8.28. The van der Waals surface area contributed by atoms with Crippen LogP contribution in [-0.2, 0) is 0 Å². The van der Waals surface area contributed by atoms with E-state index in [-0.39, 0.29) is 0 Å². The third-order valence-electron chi connectivity index (χ3n) is 3.49. The largest absolute Gasteiger partial charge is 0.496 e. The van der Waals surface area contributed by atoms with E-state index >= 15 is 0 Å². The van der Waals surface area contributed by atoms with Crippen LogP contribution in [0.2, 0.25) is 0 Å². The van der Waals surface area contributed by atoms with E-state index in [0.29, 0.717) is 5.84 Å². The maximum Gasteiger partial charge on any atom is 0.128 e. The van der Waals surface area contributed by atoms with Crippen molar-refractivity contribution in [2.24, 2.45) is 0 Å². The van der Waals surface area contributed by atoms with Gasteiger partial charge in [-0.25, -0.2) is 0 Å². The van der Waals surface area contributed by atoms with Crippen LogP contribution >= 0.6 is 0 Å². The summed E-state index contributed by atoms with van der Waals surface area (Å²) in [6, 6.07) is 5.93. The summed E-state index contributed by atoms with van der Waals surface area (Å²) in [5.41, 5.74) is 2.05. The van der Waals surface area contributed by atoms with Crippen molar-refractivity contribution in [3.8, 4) is 5.75 Å². The van der Waals surface area contributed by atoms with Crippen LogP contribution in [0.25, 0.3) is 0 Å². The number of hydrogen-bond donors (Lipinski definition) is 1. The maximum atomic E-state index is 8.28. The van der Waals surface area contributed by atoms with Crippen LogP contribution < -0.4 is 4.74 Å². The highest BCUT2D eigenvalue weighted by Crippen LogP contribution is 2.19. The van der Waals surface area contributed by atoms with Gasteiger partial charge in [0.15, 0.2) is 0 Å². The van der Waals surface area contributed by atoms with Crippen molar-refractivity contribution in [2.45, 2.75) is 6.92 Å². The third kappa shape index (κ3) is 2.64. The van der Waals surface area contributed by atoms with Gasteiger partial charge in [0, 0.05) is 31.7 Å². The number of benzene rings is 1. The molecule has 1 N–H and O–H groups in total. The minimum Gasteiger partial charge on any atom is -0.496 e. The number of nitrogens with zero attached hydrogens (tertiary/aromatic N) is 2. The average Bonchev–Trinajstić information content (AvgIpc) is 2.38. The normalized spacial score (nSPS) is 16.7. The van der Waals surface area contributed by atoms with Gasteiger partial charge in [-0.3, -0.25) is 5.41 Å². The van der Waals surface area contributed by atoms with Crippen molar-refractivity contribution in [2.75, 3.05) is 40.3 Å². The molecule has 0 spiro atoms. The van der Waals surface area contributed by atoms with Gasteiger partial charge >= 0.3 is 0 Å². The predicted octanol–water partition coefficient (Wildman–Crippen LogP) is 1.58. The van der Waals surface area contributed by atoms with E-state index in [0.717, 1.165) is 43.1 Å². The zero-order chi connectivity index (χ0) is 13.1. The van der Waals surface area contributed by atoms with Crippen LogP contribution in [0.4, 0.5) is 0 Å². The molecule has 0 atom stereocenters. The number of methoxy groups -OCH3 is 1. The van der Waals surface area contributed by atoms with Gasteiger partial charge < -0.3 is 14.5 Å². The highest BCUT2D eigenvalue weighted by atomic mass is 16.5. The molecule has 1 fully saturated rings. The molecule has 0 radical (unpaired) electrons. The molecule has 1 heterocycles. The number of ether oxygens (including phenoxy) is 1. The van der Waals surface area contributed by atoms with Crippen molar-refractivity contribution in [1.29, 1.82) is 5.41 Å². The standard InChI is InChI=1S/C14H21N3O/c1-11-10-12(4-5-13(11)18-3)14(15)17-8-6-16(2)7-9-17/h4-5,10,15H,6-9H2,1-3H3. The first-order valence-electron chi connectivity index (χ1n) is 6.29. The summed E-state index contributed by atoms with van der Waals surface area (Å²) in [6.45, 7) is 5.93. The summed E-state index contributed by atoms with van der Waals surface area (Å²) in [7, 11) is 3.80. The molecule has 98 valence electrons. The fourth-order valence-corrected chi connectivity index (χ4v) is 2.24. The first-order chi connectivity index (χ1) is 8.61. The van der Waals surface area contributed by atoms with E-state index in [1.165, 1.54) is 0 Å². The fraction of sp³-hybridized carbons (Fsp3) is 0.500. The molecule has 0 amide bonds. The lowest BCUT2D eigenvalue weighted by Gasteiger charge is -2.34. The molecule has 4 nitrogen and oxygen atoms in total. The van der Waals surface area contributed by atoms with E-state index in [4.69, 9.17) is 10.1 Å². The minimum absolute atomic E-state index is 0.619. The number of aryl methyl sites for hydroxylation is 1. The van der Waals surface area contributed by atoms with Crippen LogP contribution in [0.3, 0.4) is 0 Å². The van der Waals surface area contributed by atoms with E-state index < -0.39 is 0 Å². The highest BCUT2D eigenvalue weighted by molar-refractivity contribution is 5.96. The van der Waals surface area contributed by atoms with Gasteiger partial charge in [-0.2, -0.15) is 0 Å². The Morgan fingerprint density at radius 3 is 2.44 bits per heavy atom. The van der Waals surface area contributed by atoms with Crippen LogP contribution in [0.1, 0.15) is 11.1 Å². The van der Waals surface area contributed by atoms with Crippen molar-refractivity contribution in [3.05, 3.63) is 29.3 Å². The van der Waals surface area contributed by atoms with Crippen molar-refractivity contribution >= 4 is 5.84 Å². The minimum atomic E-state index is 0.619. The van der Waals surface area contributed by atoms with Crippen molar-refractivity contribution < 1.29 is 4.74 Å². The summed E-state index contributed by atoms with van der Waals surface area (Å²) in [4.78, 5) is 4.43. The van der Waals surface area contributed by atoms with Crippen LogP contribution in [0.15, 0.2) is 18.2 Å². The fourth-order valence-electron chi connectivity index (χ4n) is 2.24. The molecule has 1 aromatic carbocycles. The second kappa shape index (κ2) is 5.40. The summed E-state index contributed by atoms with van der Waals surface area (Å²) < 4.78 is 5.25. The van der Waals surface area contributed by atoms with E-state index in [1.807, 2.05) is 25.1 Å². The summed E-state index contributed by atoms with van der Waals surface area (Å²) in [5.74, 6) is 1.50. The van der Waals surface area contributed by atoms with Crippen LogP contribution in [0, 0.1) is 12.3 Å². The molecule has 2 rings (SSSR count). The molecular formula is C14H21N3O. The Kier molecular flexibility index (Phi) is 3.87. The summed E-state index contributed by atoms with van der Waals surface area (Å²) in [6.07, 6.45) is 0. The molecule has 0 aliphatic carbocycles. The molecule has 4 heteroatoms. The highest BCUT2D eigenvalue weighted by Gasteiger charge is 2.17. The first-order valence-corrected chi connectivity index (χ1v) is 6.29. The van der Waals surface area contributed by atoms with E-state index in [1.54, 1.807) is 7.11 Å². The van der Waals surface area contributed by atoms with Gasteiger partial charge in [-0.05, 0) is 37.7 Å². The Hall–Kier alpha value is -1.55. The predicted molar refractivity (Wildman–Crippen MR) is 73.6 cm³/mol. The van der Waals surface area contributed by atoms with Gasteiger partial charge in [0.05, 0.1) is 7.11 Å². The third-order valence-corrected chi connectivity index (χ3v) is 3.49. The van der Waals surface area contributed by atoms with E-state index in [2.05, 4.69) is 16.8 Å². The van der Waals surface area contributed by atoms with Crippen molar-refractivity contribution in [1.82, 2.24) is 9.80 Å². The number of amidine groups is 1. The second-order valence-electron chi connectivity index (χ2n) is 4.82. The zero-order valence-corrected chi connectivity index (χ0v) is 11.4. The number of likely N-dealkylation sites (N-methyl/N-ethyl adjacent to an activating group) is 1. The quantitative estimate of drug-likeness (QED) is 0.637. The van der Waals surface area contributed by atoms with Gasteiger partial charge in [0.1, 0.15) is 11.6 Å². The topological polar surface area (TPSA) is 39.6 Å². The SMILES string of the molecule is COc1ccc(C(=N)N2CCN(C)CC2)cc1C. The second-order valence-corrected chi connectivity index (χ2v) is 4.82. The Morgan fingerprint density at radius 2 is 1.89 bits per heavy atom. The molecule has 0 unspecified atom stereocenters. The monoisotopic (exact) mass is 247 g/mol. The first kappa shape index (κ1) is 12.9. The lowest BCUT2D eigenvalue weighted by molar-refractivity contribution is 0.215. The Labute approximate surface area is 109 Å². The van der Waals surface area contributed by atoms with E-state index in [9.17, 15) is 0 Å². The molecule has 1 aliphatic rings.